The summed E-state index contributed by atoms with van der Waals surface area (Å²) in [6, 6.07) is 1.99. The molecule has 2 rings (SSSR count). The van der Waals surface area contributed by atoms with Crippen LogP contribution in [-0.2, 0) is 22.9 Å². The van der Waals surface area contributed by atoms with Crippen LogP contribution in [0.25, 0.3) is 0 Å². The van der Waals surface area contributed by atoms with Crippen molar-refractivity contribution < 1.29 is 12.8 Å². The first-order valence-electron chi connectivity index (χ1n) is 7.29. The number of nitrogens with zero attached hydrogens (tertiary/aromatic N) is 1. The minimum absolute atomic E-state index is 0.272. The average Bonchev–Trinajstić information content (AvgIpc) is 2.75. The monoisotopic (exact) mass is 300 g/mol. The van der Waals surface area contributed by atoms with Crippen molar-refractivity contribution in [1.82, 2.24) is 10.2 Å². The van der Waals surface area contributed by atoms with Crippen LogP contribution in [0.4, 0.5) is 0 Å². The molecule has 20 heavy (non-hydrogen) atoms. The molecule has 0 spiro atoms. The predicted molar refractivity (Wildman–Crippen MR) is 79.3 cm³/mol. The summed E-state index contributed by atoms with van der Waals surface area (Å²) in [5.41, 5.74) is 1.16. The molecule has 1 aliphatic heterocycles. The maximum absolute atomic E-state index is 11.6. The standard InChI is InChI=1S/C14H24N2O3S/c1-2-5-15-11-14-13(4-8-19-14)12-16-6-3-9-20(17,18)10-7-16/h4,8,15H,2-3,5-7,9-12H2,1H3. The van der Waals surface area contributed by atoms with Gasteiger partial charge >= 0.3 is 0 Å². The Morgan fingerprint density at radius 3 is 3.00 bits per heavy atom. The van der Waals surface area contributed by atoms with E-state index in [0.29, 0.717) is 12.3 Å². The Balaban J connectivity index is 1.91. The number of rotatable bonds is 6. The van der Waals surface area contributed by atoms with E-state index in [1.807, 2.05) is 6.07 Å². The lowest BCUT2D eigenvalue weighted by Crippen LogP contribution is -2.27. The molecule has 1 aromatic rings. The fourth-order valence-electron chi connectivity index (χ4n) is 2.43. The molecule has 114 valence electrons. The third-order valence-electron chi connectivity index (χ3n) is 3.59. The van der Waals surface area contributed by atoms with E-state index < -0.39 is 9.84 Å². The molecule has 1 aromatic heterocycles. The molecule has 0 atom stereocenters. The van der Waals surface area contributed by atoms with Crippen LogP contribution in [0.2, 0.25) is 0 Å². The molecule has 1 N–H and O–H groups in total. The lowest BCUT2D eigenvalue weighted by molar-refractivity contribution is 0.284. The Labute approximate surface area is 121 Å². The Bertz CT molecular complexity index is 510. The molecule has 1 fully saturated rings. The second-order valence-electron chi connectivity index (χ2n) is 5.33. The highest BCUT2D eigenvalue weighted by Gasteiger charge is 2.20. The van der Waals surface area contributed by atoms with Crippen molar-refractivity contribution in [2.24, 2.45) is 0 Å². The van der Waals surface area contributed by atoms with E-state index in [-0.39, 0.29) is 5.75 Å². The van der Waals surface area contributed by atoms with Gasteiger partial charge in [-0.2, -0.15) is 0 Å². The molecule has 0 aliphatic carbocycles. The van der Waals surface area contributed by atoms with Gasteiger partial charge in [-0.05, 0) is 32.0 Å². The van der Waals surface area contributed by atoms with E-state index in [0.717, 1.165) is 50.3 Å². The van der Waals surface area contributed by atoms with Crippen LogP contribution in [-0.4, -0.2) is 44.5 Å². The van der Waals surface area contributed by atoms with Crippen molar-refractivity contribution >= 4 is 9.84 Å². The van der Waals surface area contributed by atoms with Crippen LogP contribution < -0.4 is 5.32 Å². The molecule has 0 radical (unpaired) electrons. The fraction of sp³-hybridized carbons (Fsp3) is 0.714. The van der Waals surface area contributed by atoms with Crippen LogP contribution in [0.5, 0.6) is 0 Å². The molecule has 0 unspecified atom stereocenters. The average molecular weight is 300 g/mol. The van der Waals surface area contributed by atoms with Gasteiger partial charge in [0.1, 0.15) is 5.76 Å². The van der Waals surface area contributed by atoms with E-state index in [1.54, 1.807) is 6.26 Å². The highest BCUT2D eigenvalue weighted by Crippen LogP contribution is 2.15. The molecule has 0 bridgehead atoms. The van der Waals surface area contributed by atoms with Gasteiger partial charge in [-0.25, -0.2) is 8.42 Å². The summed E-state index contributed by atoms with van der Waals surface area (Å²) in [6.45, 7) is 6.08. The molecule has 0 saturated carbocycles. The molecular formula is C14H24N2O3S. The van der Waals surface area contributed by atoms with Crippen LogP contribution in [0.15, 0.2) is 16.7 Å². The maximum atomic E-state index is 11.6. The predicted octanol–water partition coefficient (Wildman–Crippen LogP) is 1.40. The Morgan fingerprint density at radius 1 is 1.35 bits per heavy atom. The first-order chi connectivity index (χ1) is 9.61. The second kappa shape index (κ2) is 7.24. The van der Waals surface area contributed by atoms with Gasteiger partial charge < -0.3 is 9.73 Å². The summed E-state index contributed by atoms with van der Waals surface area (Å²) >= 11 is 0. The summed E-state index contributed by atoms with van der Waals surface area (Å²) in [7, 11) is -2.84. The number of hydrogen-bond acceptors (Lipinski definition) is 5. The Hall–Kier alpha value is -0.850. The topological polar surface area (TPSA) is 62.6 Å². The highest BCUT2D eigenvalue weighted by atomic mass is 32.2. The summed E-state index contributed by atoms with van der Waals surface area (Å²) in [5.74, 6) is 1.55. The van der Waals surface area contributed by atoms with Crippen molar-refractivity contribution in [3.8, 4) is 0 Å². The van der Waals surface area contributed by atoms with Crippen LogP contribution in [0.3, 0.4) is 0 Å². The zero-order valence-electron chi connectivity index (χ0n) is 12.1. The van der Waals surface area contributed by atoms with Gasteiger partial charge in [0.25, 0.3) is 0 Å². The van der Waals surface area contributed by atoms with Crippen LogP contribution in [0, 0.1) is 0 Å². The number of nitrogens with one attached hydrogen (secondary N) is 1. The number of furan rings is 1. The van der Waals surface area contributed by atoms with E-state index >= 15 is 0 Å². The lowest BCUT2D eigenvalue weighted by atomic mass is 10.2. The Morgan fingerprint density at radius 2 is 2.20 bits per heavy atom. The van der Waals surface area contributed by atoms with E-state index in [1.165, 1.54) is 0 Å². The third-order valence-corrected chi connectivity index (χ3v) is 5.31. The molecule has 0 aromatic carbocycles. The molecular weight excluding hydrogens is 276 g/mol. The fourth-order valence-corrected chi connectivity index (χ4v) is 3.74. The molecule has 1 aliphatic rings. The minimum atomic E-state index is -2.84. The quantitative estimate of drug-likeness (QED) is 0.805. The number of sulfone groups is 1. The number of hydrogen-bond donors (Lipinski definition) is 1. The van der Waals surface area contributed by atoms with Crippen molar-refractivity contribution in [3.63, 3.8) is 0 Å². The van der Waals surface area contributed by atoms with Crippen molar-refractivity contribution in [1.29, 1.82) is 0 Å². The Kier molecular flexibility index (Phi) is 5.63. The van der Waals surface area contributed by atoms with Crippen molar-refractivity contribution in [2.45, 2.75) is 32.9 Å². The first-order valence-corrected chi connectivity index (χ1v) is 9.11. The largest absolute Gasteiger partial charge is 0.468 e. The van der Waals surface area contributed by atoms with Gasteiger partial charge in [0.05, 0.1) is 24.3 Å². The van der Waals surface area contributed by atoms with Gasteiger partial charge in [0, 0.05) is 18.7 Å². The highest BCUT2D eigenvalue weighted by molar-refractivity contribution is 7.91. The molecule has 1 saturated heterocycles. The zero-order valence-corrected chi connectivity index (χ0v) is 12.9. The zero-order chi connectivity index (χ0) is 14.4. The minimum Gasteiger partial charge on any atom is -0.468 e. The summed E-state index contributed by atoms with van der Waals surface area (Å²) in [4.78, 5) is 2.21. The van der Waals surface area contributed by atoms with Crippen molar-refractivity contribution in [2.75, 3.05) is 31.1 Å². The molecule has 5 nitrogen and oxygen atoms in total. The smallest absolute Gasteiger partial charge is 0.151 e. The van der Waals surface area contributed by atoms with Gasteiger partial charge in [0.15, 0.2) is 9.84 Å². The molecule has 2 heterocycles. The normalized spacial score (nSPS) is 19.9. The SMILES string of the molecule is CCCNCc1occc1CN1CCCS(=O)(=O)CC1. The van der Waals surface area contributed by atoms with Gasteiger partial charge in [-0.3, -0.25) is 4.90 Å². The molecule has 0 amide bonds. The first kappa shape index (κ1) is 15.5. The van der Waals surface area contributed by atoms with E-state index in [9.17, 15) is 8.42 Å². The lowest BCUT2D eigenvalue weighted by Gasteiger charge is -2.19. The van der Waals surface area contributed by atoms with Crippen LogP contribution in [0.1, 0.15) is 31.1 Å². The summed E-state index contributed by atoms with van der Waals surface area (Å²) in [5, 5.41) is 3.33. The van der Waals surface area contributed by atoms with E-state index in [2.05, 4.69) is 17.1 Å². The second-order valence-corrected chi connectivity index (χ2v) is 7.63. The van der Waals surface area contributed by atoms with Gasteiger partial charge in [0.2, 0.25) is 0 Å². The molecule has 6 heteroatoms. The van der Waals surface area contributed by atoms with Crippen molar-refractivity contribution in [3.05, 3.63) is 23.7 Å². The maximum Gasteiger partial charge on any atom is 0.151 e. The summed E-state index contributed by atoms with van der Waals surface area (Å²) in [6.07, 6.45) is 3.54. The van der Waals surface area contributed by atoms with Gasteiger partial charge in [-0.1, -0.05) is 6.92 Å². The van der Waals surface area contributed by atoms with Crippen LogP contribution >= 0.6 is 0 Å². The summed E-state index contributed by atoms with van der Waals surface area (Å²) < 4.78 is 28.7. The van der Waals surface area contributed by atoms with Gasteiger partial charge in [-0.15, -0.1) is 0 Å². The third kappa shape index (κ3) is 4.61. The van der Waals surface area contributed by atoms with E-state index in [4.69, 9.17) is 4.42 Å².